The summed E-state index contributed by atoms with van der Waals surface area (Å²) in [7, 11) is 0. The van der Waals surface area contributed by atoms with E-state index in [1.165, 1.54) is 24.3 Å². The summed E-state index contributed by atoms with van der Waals surface area (Å²) in [6, 6.07) is 5.52. The van der Waals surface area contributed by atoms with Crippen LogP contribution in [-0.4, -0.2) is 33.7 Å². The van der Waals surface area contributed by atoms with Crippen molar-refractivity contribution in [1.82, 2.24) is 15.0 Å². The Morgan fingerprint density at radius 3 is 2.22 bits per heavy atom. The molecule has 0 saturated heterocycles. The molecule has 0 aliphatic heterocycles. The Bertz CT molecular complexity index is 809. The Labute approximate surface area is 149 Å². The average molecular weight is 393 g/mol. The van der Waals surface area contributed by atoms with E-state index in [9.17, 15) is 31.1 Å². The van der Waals surface area contributed by atoms with Crippen LogP contribution in [0.4, 0.5) is 26.3 Å². The first-order valence-corrected chi connectivity index (χ1v) is 7.89. The molecule has 146 valence electrons. The van der Waals surface area contributed by atoms with Crippen LogP contribution in [0.1, 0.15) is 24.3 Å². The summed E-state index contributed by atoms with van der Waals surface area (Å²) < 4.78 is 79.7. The van der Waals surface area contributed by atoms with Crippen LogP contribution in [0.5, 0.6) is 0 Å². The van der Waals surface area contributed by atoms with E-state index in [0.717, 1.165) is 4.90 Å². The molecule has 5 nitrogen and oxygen atoms in total. The lowest BCUT2D eigenvalue weighted by Crippen LogP contribution is -2.39. The first-order chi connectivity index (χ1) is 12.5. The molecule has 0 unspecified atom stereocenters. The topological polar surface area (TPSA) is 59.2 Å². The monoisotopic (exact) mass is 393 g/mol. The molecule has 3 rings (SSSR count). The van der Waals surface area contributed by atoms with E-state index < -0.39 is 30.7 Å². The second-order valence-electron chi connectivity index (χ2n) is 6.20. The van der Waals surface area contributed by atoms with Gasteiger partial charge in [0.1, 0.15) is 6.54 Å². The van der Waals surface area contributed by atoms with Crippen LogP contribution in [0.15, 0.2) is 28.8 Å². The van der Waals surface area contributed by atoms with Gasteiger partial charge in [0.15, 0.2) is 0 Å². The molecule has 1 aromatic carbocycles. The lowest BCUT2D eigenvalue weighted by atomic mass is 10.1. The van der Waals surface area contributed by atoms with Crippen molar-refractivity contribution in [2.45, 2.75) is 31.7 Å². The SMILES string of the molecule is O=C(C1CC1)N(Cc1ccc(-c2noc(C(F)(F)F)n2)cc1)CC(F)(F)F. The summed E-state index contributed by atoms with van der Waals surface area (Å²) in [5, 5.41) is 3.23. The van der Waals surface area contributed by atoms with Gasteiger partial charge in [-0.1, -0.05) is 29.4 Å². The van der Waals surface area contributed by atoms with Crippen molar-refractivity contribution in [3.05, 3.63) is 35.7 Å². The molecule has 1 aromatic heterocycles. The van der Waals surface area contributed by atoms with Gasteiger partial charge in [0.2, 0.25) is 11.7 Å². The third-order valence-electron chi connectivity index (χ3n) is 3.86. The molecule has 1 saturated carbocycles. The van der Waals surface area contributed by atoms with Gasteiger partial charge in [0.25, 0.3) is 0 Å². The van der Waals surface area contributed by atoms with Crippen molar-refractivity contribution in [3.8, 4) is 11.4 Å². The van der Waals surface area contributed by atoms with Gasteiger partial charge in [-0.05, 0) is 18.4 Å². The highest BCUT2D eigenvalue weighted by Crippen LogP contribution is 2.33. The lowest BCUT2D eigenvalue weighted by molar-refractivity contribution is -0.163. The van der Waals surface area contributed by atoms with E-state index in [-0.39, 0.29) is 23.9 Å². The number of nitrogens with zero attached hydrogens (tertiary/aromatic N) is 3. The molecule has 0 radical (unpaired) electrons. The Morgan fingerprint density at radius 2 is 1.74 bits per heavy atom. The number of carbonyl (C=O) groups is 1. The largest absolute Gasteiger partial charge is 0.471 e. The maximum atomic E-state index is 12.7. The number of benzene rings is 1. The van der Waals surface area contributed by atoms with E-state index in [1.807, 2.05) is 0 Å². The number of carbonyl (C=O) groups excluding carboxylic acids is 1. The number of amides is 1. The zero-order valence-corrected chi connectivity index (χ0v) is 13.6. The maximum absolute atomic E-state index is 12.7. The Hall–Kier alpha value is -2.59. The first kappa shape index (κ1) is 19.2. The number of hydrogen-bond acceptors (Lipinski definition) is 4. The number of alkyl halides is 6. The first-order valence-electron chi connectivity index (χ1n) is 7.89. The van der Waals surface area contributed by atoms with Gasteiger partial charge in [-0.2, -0.15) is 31.3 Å². The zero-order valence-electron chi connectivity index (χ0n) is 13.6. The highest BCUT2D eigenvalue weighted by molar-refractivity contribution is 5.81. The third kappa shape index (κ3) is 4.98. The molecule has 1 amide bonds. The molecule has 27 heavy (non-hydrogen) atoms. The van der Waals surface area contributed by atoms with Gasteiger partial charge in [-0.15, -0.1) is 0 Å². The van der Waals surface area contributed by atoms with Crippen molar-refractivity contribution in [2.75, 3.05) is 6.54 Å². The van der Waals surface area contributed by atoms with Crippen molar-refractivity contribution < 1.29 is 35.7 Å². The fraction of sp³-hybridized carbons (Fsp3) is 0.438. The maximum Gasteiger partial charge on any atom is 0.471 e. The number of hydrogen-bond donors (Lipinski definition) is 0. The Balaban J connectivity index is 1.73. The summed E-state index contributed by atoms with van der Waals surface area (Å²) in [5.41, 5.74) is 0.602. The Kier molecular flexibility index (Phi) is 4.87. The minimum Gasteiger partial charge on any atom is -0.329 e. The van der Waals surface area contributed by atoms with Crippen molar-refractivity contribution in [3.63, 3.8) is 0 Å². The van der Waals surface area contributed by atoms with Gasteiger partial charge in [0.05, 0.1) is 0 Å². The van der Waals surface area contributed by atoms with Crippen LogP contribution in [0.2, 0.25) is 0 Å². The average Bonchev–Trinajstić information content (AvgIpc) is 3.28. The number of rotatable bonds is 5. The predicted octanol–water partition coefficient (Wildman–Crippen LogP) is 4.06. The van der Waals surface area contributed by atoms with E-state index in [1.54, 1.807) is 0 Å². The molecule has 0 spiro atoms. The van der Waals surface area contributed by atoms with Gasteiger partial charge < -0.3 is 9.42 Å². The minimum absolute atomic E-state index is 0.203. The molecule has 11 heteroatoms. The van der Waals surface area contributed by atoms with Crippen LogP contribution in [0, 0.1) is 5.92 Å². The predicted molar refractivity (Wildman–Crippen MR) is 78.9 cm³/mol. The van der Waals surface area contributed by atoms with Crippen LogP contribution in [0.3, 0.4) is 0 Å². The minimum atomic E-state index is -4.77. The van der Waals surface area contributed by atoms with Crippen molar-refractivity contribution >= 4 is 5.91 Å². The van der Waals surface area contributed by atoms with Crippen LogP contribution >= 0.6 is 0 Å². The molecule has 0 bridgehead atoms. The van der Waals surface area contributed by atoms with Gasteiger partial charge in [0, 0.05) is 18.0 Å². The van der Waals surface area contributed by atoms with E-state index in [0.29, 0.717) is 18.4 Å². The molecule has 1 aliphatic carbocycles. The summed E-state index contributed by atoms with van der Waals surface area (Å²) in [4.78, 5) is 16.0. The Morgan fingerprint density at radius 1 is 1.11 bits per heavy atom. The van der Waals surface area contributed by atoms with E-state index >= 15 is 0 Å². The van der Waals surface area contributed by atoms with E-state index in [4.69, 9.17) is 0 Å². The van der Waals surface area contributed by atoms with E-state index in [2.05, 4.69) is 14.7 Å². The highest BCUT2D eigenvalue weighted by atomic mass is 19.4. The smallest absolute Gasteiger partial charge is 0.329 e. The highest BCUT2D eigenvalue weighted by Gasteiger charge is 2.39. The van der Waals surface area contributed by atoms with Gasteiger partial charge in [-0.3, -0.25) is 4.79 Å². The molecule has 1 aliphatic rings. The van der Waals surface area contributed by atoms with Gasteiger partial charge in [-0.25, -0.2) is 0 Å². The van der Waals surface area contributed by atoms with Gasteiger partial charge >= 0.3 is 18.2 Å². The van der Waals surface area contributed by atoms with Crippen molar-refractivity contribution in [1.29, 1.82) is 0 Å². The fourth-order valence-electron chi connectivity index (χ4n) is 2.45. The normalized spacial score (nSPS) is 15.0. The molecule has 2 aromatic rings. The summed E-state index contributed by atoms with van der Waals surface area (Å²) in [5.74, 6) is -2.71. The number of halogens is 6. The molecular weight excluding hydrogens is 380 g/mol. The summed E-state index contributed by atoms with van der Waals surface area (Å²) in [6.45, 7) is -1.61. The second-order valence-corrected chi connectivity index (χ2v) is 6.20. The van der Waals surface area contributed by atoms with Crippen LogP contribution in [-0.2, 0) is 17.5 Å². The molecule has 0 N–H and O–H groups in total. The lowest BCUT2D eigenvalue weighted by Gasteiger charge is -2.24. The molecule has 1 fully saturated rings. The molecular formula is C16H13F6N3O2. The second kappa shape index (κ2) is 6.86. The number of aromatic nitrogens is 2. The quantitative estimate of drug-likeness (QED) is 0.719. The third-order valence-corrected chi connectivity index (χ3v) is 3.86. The zero-order chi connectivity index (χ0) is 19.8. The van der Waals surface area contributed by atoms with Crippen molar-refractivity contribution in [2.24, 2.45) is 5.92 Å². The summed E-state index contributed by atoms with van der Waals surface area (Å²) >= 11 is 0. The standard InChI is InChI=1S/C16H13F6N3O2/c17-15(18,19)8-25(13(26)11-5-6-11)7-9-1-3-10(4-2-9)12-23-14(27-24-12)16(20,21)22/h1-4,11H,5-8H2. The summed E-state index contributed by atoms with van der Waals surface area (Å²) in [6.07, 6.45) is -8.15. The molecule has 1 heterocycles. The molecule has 0 atom stereocenters. The fourth-order valence-corrected chi connectivity index (χ4v) is 2.45. The van der Waals surface area contributed by atoms with Crippen LogP contribution in [0.25, 0.3) is 11.4 Å². The van der Waals surface area contributed by atoms with Crippen LogP contribution < -0.4 is 0 Å².